The summed E-state index contributed by atoms with van der Waals surface area (Å²) in [5.41, 5.74) is 1.56. The number of halogens is 3. The Morgan fingerprint density at radius 3 is 2.37 bits per heavy atom. The molecule has 1 fully saturated rings. The van der Waals surface area contributed by atoms with Crippen LogP contribution in [0.5, 0.6) is 23.0 Å². The molecule has 3 unspecified atom stereocenters. The monoisotopic (exact) mass is 730 g/mol. The summed E-state index contributed by atoms with van der Waals surface area (Å²) in [6.45, 7) is 7.90. The number of hydrogen-bond donors (Lipinski definition) is 1. The number of benzene rings is 4. The summed E-state index contributed by atoms with van der Waals surface area (Å²) < 4.78 is 36.4. The molecule has 1 amide bonds. The molecule has 4 aromatic carbocycles. The first-order valence-electron chi connectivity index (χ1n) is 16.2. The average molecular weight is 732 g/mol. The van der Waals surface area contributed by atoms with E-state index in [1.54, 1.807) is 54.6 Å². The number of ether oxygens (including phenoxy) is 4. The minimum Gasteiger partial charge on any atom is -0.483 e. The van der Waals surface area contributed by atoms with Crippen LogP contribution in [0.1, 0.15) is 50.5 Å². The van der Waals surface area contributed by atoms with Crippen LogP contribution >= 0.6 is 23.2 Å². The molecular formula is C40H37Cl2FN2O6. The van der Waals surface area contributed by atoms with Crippen molar-refractivity contribution in [3.63, 3.8) is 0 Å². The molecule has 1 N–H and O–H groups in total. The normalized spacial score (nSPS) is 18.4. The van der Waals surface area contributed by atoms with Gasteiger partial charge in [0.05, 0.1) is 5.92 Å². The summed E-state index contributed by atoms with van der Waals surface area (Å²) in [5.74, 6) is -0.210. The molecule has 11 heteroatoms. The van der Waals surface area contributed by atoms with Crippen molar-refractivity contribution in [2.24, 2.45) is 17.3 Å². The van der Waals surface area contributed by atoms with Gasteiger partial charge in [-0.25, -0.2) is 9.18 Å². The highest BCUT2D eigenvalue weighted by Gasteiger charge is 2.62. The van der Waals surface area contributed by atoms with E-state index in [0.717, 1.165) is 17.5 Å². The van der Waals surface area contributed by atoms with Crippen LogP contribution in [0.4, 0.5) is 9.18 Å². The van der Waals surface area contributed by atoms with Gasteiger partial charge in [0, 0.05) is 34.7 Å². The summed E-state index contributed by atoms with van der Waals surface area (Å²) >= 11 is 12.4. The third-order valence-electron chi connectivity index (χ3n) is 8.65. The number of allylic oxidation sites excluding steroid dienone is 1. The van der Waals surface area contributed by atoms with Crippen molar-refractivity contribution < 1.29 is 32.9 Å². The van der Waals surface area contributed by atoms with E-state index in [2.05, 4.69) is 5.32 Å². The van der Waals surface area contributed by atoms with Gasteiger partial charge < -0.3 is 24.3 Å². The van der Waals surface area contributed by atoms with Crippen molar-refractivity contribution >= 4 is 40.3 Å². The van der Waals surface area contributed by atoms with E-state index in [-0.39, 0.29) is 17.3 Å². The largest absolute Gasteiger partial charge is 0.483 e. The molecule has 0 radical (unpaired) electrons. The molecule has 0 aromatic heterocycles. The Kier molecular flexibility index (Phi) is 11.3. The van der Waals surface area contributed by atoms with Crippen molar-refractivity contribution in [3.05, 3.63) is 125 Å². The summed E-state index contributed by atoms with van der Waals surface area (Å²) in [7, 11) is 1.52. The fraction of sp³-hybridized carbons (Fsp3) is 0.275. The first-order valence-corrected chi connectivity index (χ1v) is 16.9. The van der Waals surface area contributed by atoms with E-state index in [9.17, 15) is 19.2 Å². The van der Waals surface area contributed by atoms with Gasteiger partial charge in [-0.15, -0.1) is 0 Å². The second kappa shape index (κ2) is 15.5. The highest BCUT2D eigenvalue weighted by atomic mass is 35.5. The van der Waals surface area contributed by atoms with E-state index in [1.165, 1.54) is 25.2 Å². The summed E-state index contributed by atoms with van der Waals surface area (Å²) in [6, 6.07) is 27.3. The Bertz CT molecular complexity index is 1980. The molecule has 2 aliphatic rings. The van der Waals surface area contributed by atoms with Gasteiger partial charge in [0.1, 0.15) is 17.4 Å². The third kappa shape index (κ3) is 9.01. The van der Waals surface area contributed by atoms with Crippen LogP contribution < -0.4 is 19.5 Å². The number of nitrogens with zero attached hydrogens (tertiary/aromatic N) is 1. The molecule has 1 saturated carbocycles. The third-order valence-corrected chi connectivity index (χ3v) is 9.25. The molecule has 0 saturated heterocycles. The lowest BCUT2D eigenvalue weighted by molar-refractivity contribution is -0.149. The average Bonchev–Trinajstić information content (AvgIpc) is 3.47. The molecule has 264 valence electrons. The first-order chi connectivity index (χ1) is 24.2. The van der Waals surface area contributed by atoms with Gasteiger partial charge in [-0.05, 0) is 73.2 Å². The minimum absolute atomic E-state index is 0.0627. The van der Waals surface area contributed by atoms with Crippen LogP contribution in [0.15, 0.2) is 97.1 Å². The molecule has 3 atom stereocenters. The number of nitrogens with one attached hydrogen (secondary N) is 1. The zero-order chi connectivity index (χ0) is 36.9. The number of amides is 1. The highest BCUT2D eigenvalue weighted by Crippen LogP contribution is 2.60. The number of fused-ring (bicyclic) bond motifs is 1. The molecule has 1 heterocycles. The number of carbonyl (C=O) groups excluding carboxylic acids is 2. The fourth-order valence-electron chi connectivity index (χ4n) is 5.86. The second-order valence-corrected chi connectivity index (χ2v) is 14.2. The molecule has 0 bridgehead atoms. The quantitative estimate of drug-likeness (QED) is 0.180. The van der Waals surface area contributed by atoms with E-state index >= 15 is 0 Å². The van der Waals surface area contributed by atoms with Gasteiger partial charge in [0.25, 0.3) is 0 Å². The van der Waals surface area contributed by atoms with Crippen LogP contribution in [0, 0.1) is 34.4 Å². The van der Waals surface area contributed by atoms with Crippen LogP contribution in [-0.4, -0.2) is 24.7 Å². The smallest absolute Gasteiger partial charge is 0.412 e. The lowest BCUT2D eigenvalue weighted by atomic mass is 10.0. The molecule has 51 heavy (non-hydrogen) atoms. The molecule has 6 rings (SSSR count). The number of para-hydroxylation sites is 2. The summed E-state index contributed by atoms with van der Waals surface area (Å²) in [5, 5.41) is 13.2. The Hall–Kier alpha value is -5.04. The number of hydrogen-bond acceptors (Lipinski definition) is 7. The van der Waals surface area contributed by atoms with Gasteiger partial charge >= 0.3 is 12.1 Å². The fourth-order valence-corrected chi connectivity index (χ4v) is 6.24. The van der Waals surface area contributed by atoms with Crippen molar-refractivity contribution in [1.82, 2.24) is 5.32 Å². The Morgan fingerprint density at radius 2 is 1.71 bits per heavy atom. The number of carbonyl (C=O) groups is 2. The van der Waals surface area contributed by atoms with E-state index in [1.807, 2.05) is 58.0 Å². The highest BCUT2D eigenvalue weighted by molar-refractivity contribution is 6.48. The summed E-state index contributed by atoms with van der Waals surface area (Å²) in [6.07, 6.45) is 0.963. The van der Waals surface area contributed by atoms with Gasteiger partial charge in [0.2, 0.25) is 6.10 Å². The molecule has 1 aliphatic heterocycles. The topological polar surface area (TPSA) is 107 Å². The van der Waals surface area contributed by atoms with Gasteiger partial charge in [0.15, 0.2) is 23.1 Å². The molecule has 0 spiro atoms. The Labute approximate surface area is 306 Å². The van der Waals surface area contributed by atoms with Crippen molar-refractivity contribution in [3.8, 4) is 29.1 Å². The predicted molar refractivity (Wildman–Crippen MR) is 193 cm³/mol. The maximum absolute atomic E-state index is 14.3. The van der Waals surface area contributed by atoms with Crippen LogP contribution in [0.2, 0.25) is 5.02 Å². The van der Waals surface area contributed by atoms with Crippen LogP contribution in [0.3, 0.4) is 0 Å². The number of rotatable bonds is 8. The van der Waals surface area contributed by atoms with Gasteiger partial charge in [-0.3, -0.25) is 4.79 Å². The number of esters is 1. The van der Waals surface area contributed by atoms with Crippen molar-refractivity contribution in [1.29, 1.82) is 5.26 Å². The standard InChI is InChI=1S/C28H22Cl2FNO3.C12H15NO3/c1-28(2)21(15-22(30)17-8-11-19(29)12-9-17)26(28)27(33)35-25(16-32)18-10-13-23(31)24(14-18)34-20-6-4-3-5-7-20;1-12(2)7-8-5-4-6-9(10(8)16-12)15-11(14)13-3/h3-15,21,25-26H,1-2H3;4-6H,7H2,1-3H3,(H,13,14)/b22-15-;. The van der Waals surface area contributed by atoms with E-state index < -0.39 is 35.3 Å². The number of nitriles is 1. The zero-order valence-corrected chi connectivity index (χ0v) is 30.2. The zero-order valence-electron chi connectivity index (χ0n) is 28.7. The van der Waals surface area contributed by atoms with Crippen molar-refractivity contribution in [2.45, 2.75) is 45.8 Å². The molecule has 4 aromatic rings. The lowest BCUT2D eigenvalue weighted by Gasteiger charge is -2.17. The molecule has 1 aliphatic carbocycles. The minimum atomic E-state index is -1.21. The second-order valence-electron chi connectivity index (χ2n) is 13.3. The van der Waals surface area contributed by atoms with Gasteiger partial charge in [-0.2, -0.15) is 5.26 Å². The lowest BCUT2D eigenvalue weighted by Crippen LogP contribution is -2.25. The van der Waals surface area contributed by atoms with E-state index in [0.29, 0.717) is 32.9 Å². The maximum atomic E-state index is 14.3. The maximum Gasteiger partial charge on any atom is 0.412 e. The Balaban J connectivity index is 0.000000262. The summed E-state index contributed by atoms with van der Waals surface area (Å²) in [4.78, 5) is 24.2. The molecular weight excluding hydrogens is 694 g/mol. The predicted octanol–water partition coefficient (Wildman–Crippen LogP) is 10.0. The SMILES string of the molecule is CC1(C)C(/C=C(\Cl)c2ccc(Cl)cc2)C1C(=O)OC(C#N)c1ccc(F)c(Oc2ccccc2)c1.CNC(=O)Oc1cccc2c1OC(C)(C)C2. The van der Waals surface area contributed by atoms with Crippen LogP contribution in [-0.2, 0) is 16.0 Å². The van der Waals surface area contributed by atoms with Crippen LogP contribution in [0.25, 0.3) is 5.03 Å². The van der Waals surface area contributed by atoms with Crippen molar-refractivity contribution in [2.75, 3.05) is 7.05 Å². The first kappa shape index (κ1) is 37.2. The van der Waals surface area contributed by atoms with E-state index in [4.69, 9.17) is 42.1 Å². The molecule has 8 nitrogen and oxygen atoms in total. The Morgan fingerprint density at radius 1 is 1.00 bits per heavy atom. The van der Waals surface area contributed by atoms with Gasteiger partial charge in [-0.1, -0.05) is 91.7 Å².